The second-order valence-electron chi connectivity index (χ2n) is 6.94. The first kappa shape index (κ1) is 21.3. The predicted octanol–water partition coefficient (Wildman–Crippen LogP) is 4.71. The highest BCUT2D eigenvalue weighted by Crippen LogP contribution is 2.33. The molecule has 1 heterocycles. The van der Waals surface area contributed by atoms with Gasteiger partial charge in [0.2, 0.25) is 0 Å². The van der Waals surface area contributed by atoms with E-state index in [1.807, 2.05) is 18.2 Å². The lowest BCUT2D eigenvalue weighted by Gasteiger charge is -2.36. The van der Waals surface area contributed by atoms with Gasteiger partial charge in [0.1, 0.15) is 5.75 Å². The maximum Gasteiger partial charge on any atom is 0.119 e. The summed E-state index contributed by atoms with van der Waals surface area (Å²) >= 11 is 0. The summed E-state index contributed by atoms with van der Waals surface area (Å²) in [6, 6.07) is 7.43. The first-order valence-corrected chi connectivity index (χ1v) is 9.40. The summed E-state index contributed by atoms with van der Waals surface area (Å²) < 4.78 is 0. The van der Waals surface area contributed by atoms with Crippen LogP contribution in [0.4, 0.5) is 0 Å². The molecule has 1 saturated heterocycles. The van der Waals surface area contributed by atoms with Gasteiger partial charge in [-0.1, -0.05) is 63.6 Å². The molecule has 1 aliphatic heterocycles. The van der Waals surface area contributed by atoms with E-state index in [-0.39, 0.29) is 24.4 Å². The number of halogens is 1. The van der Waals surface area contributed by atoms with E-state index >= 15 is 0 Å². The lowest BCUT2D eigenvalue weighted by Crippen LogP contribution is -2.43. The second kappa shape index (κ2) is 11.7. The van der Waals surface area contributed by atoms with Crippen LogP contribution in [0.5, 0.6) is 5.75 Å². The maximum atomic E-state index is 10.5. The summed E-state index contributed by atoms with van der Waals surface area (Å²) in [6.45, 7) is 5.10. The van der Waals surface area contributed by atoms with Crippen LogP contribution in [-0.4, -0.2) is 40.9 Å². The number of benzene rings is 1. The smallest absolute Gasteiger partial charge is 0.119 e. The zero-order valence-corrected chi connectivity index (χ0v) is 15.8. The molecule has 2 unspecified atom stereocenters. The minimum atomic E-state index is -0.374. The molecule has 0 bridgehead atoms. The number of phenols is 1. The Morgan fingerprint density at radius 3 is 2.38 bits per heavy atom. The molecule has 1 aromatic rings. The molecule has 0 aliphatic carbocycles. The van der Waals surface area contributed by atoms with Crippen molar-refractivity contribution in [3.05, 3.63) is 29.8 Å². The number of aliphatic hydroxyl groups is 1. The van der Waals surface area contributed by atoms with Crippen LogP contribution < -0.4 is 0 Å². The van der Waals surface area contributed by atoms with E-state index in [0.29, 0.717) is 5.75 Å². The van der Waals surface area contributed by atoms with Gasteiger partial charge in [0.05, 0.1) is 6.10 Å². The minimum absolute atomic E-state index is 0. The highest BCUT2D eigenvalue weighted by atomic mass is 35.5. The fraction of sp³-hybridized carbons (Fsp3) is 0.700. The Hall–Kier alpha value is -0.770. The van der Waals surface area contributed by atoms with Gasteiger partial charge in [-0.25, -0.2) is 0 Å². The monoisotopic (exact) mass is 355 g/mol. The SMILES string of the molecule is CCCCCCCCCN1CCC(c2ccccc2O)C(O)C1.Cl. The number of rotatable bonds is 9. The molecule has 138 valence electrons. The first-order valence-electron chi connectivity index (χ1n) is 9.40. The van der Waals surface area contributed by atoms with Gasteiger partial charge in [0.25, 0.3) is 0 Å². The third-order valence-corrected chi connectivity index (χ3v) is 5.08. The van der Waals surface area contributed by atoms with Crippen molar-refractivity contribution in [2.45, 2.75) is 70.3 Å². The Morgan fingerprint density at radius 1 is 1.04 bits per heavy atom. The van der Waals surface area contributed by atoms with Crippen LogP contribution in [0.25, 0.3) is 0 Å². The van der Waals surface area contributed by atoms with Crippen molar-refractivity contribution in [3.8, 4) is 5.75 Å². The summed E-state index contributed by atoms with van der Waals surface area (Å²) in [5.74, 6) is 0.388. The molecule has 1 fully saturated rings. The van der Waals surface area contributed by atoms with E-state index in [2.05, 4.69) is 11.8 Å². The number of likely N-dealkylation sites (tertiary alicyclic amines) is 1. The van der Waals surface area contributed by atoms with Crippen LogP contribution in [0.1, 0.15) is 69.8 Å². The summed E-state index contributed by atoms with van der Waals surface area (Å²) in [4.78, 5) is 2.38. The molecule has 0 saturated carbocycles. The summed E-state index contributed by atoms with van der Waals surface area (Å²) in [7, 11) is 0. The number of β-amino-alcohol motifs (C(OH)–C–C–N with tert-alkyl or cyclic N) is 1. The fourth-order valence-corrected chi connectivity index (χ4v) is 3.66. The van der Waals surface area contributed by atoms with Crippen molar-refractivity contribution >= 4 is 12.4 Å². The molecule has 4 heteroatoms. The van der Waals surface area contributed by atoms with Crippen LogP contribution >= 0.6 is 12.4 Å². The lowest BCUT2D eigenvalue weighted by molar-refractivity contribution is 0.0497. The zero-order chi connectivity index (χ0) is 16.5. The number of hydrogen-bond acceptors (Lipinski definition) is 3. The van der Waals surface area contributed by atoms with Crippen molar-refractivity contribution in [2.24, 2.45) is 0 Å². The van der Waals surface area contributed by atoms with Gasteiger partial charge >= 0.3 is 0 Å². The number of hydrogen-bond donors (Lipinski definition) is 2. The standard InChI is InChI=1S/C20H33NO2.ClH/c1-2-3-4-5-6-7-10-14-21-15-13-18(20(23)16-21)17-11-8-9-12-19(17)22;/h8-9,11-12,18,20,22-23H,2-7,10,13-16H2,1H3;1H. The Kier molecular flexibility index (Phi) is 10.4. The predicted molar refractivity (Wildman–Crippen MR) is 103 cm³/mol. The molecule has 2 atom stereocenters. The fourth-order valence-electron chi connectivity index (χ4n) is 3.66. The van der Waals surface area contributed by atoms with Crippen molar-refractivity contribution < 1.29 is 10.2 Å². The molecular weight excluding hydrogens is 322 g/mol. The second-order valence-corrected chi connectivity index (χ2v) is 6.94. The number of unbranched alkanes of at least 4 members (excludes halogenated alkanes) is 6. The average Bonchev–Trinajstić information content (AvgIpc) is 2.55. The molecule has 2 rings (SSSR count). The van der Waals surface area contributed by atoms with Crippen molar-refractivity contribution in [1.29, 1.82) is 0 Å². The van der Waals surface area contributed by atoms with Crippen LogP contribution in [0.15, 0.2) is 24.3 Å². The lowest BCUT2D eigenvalue weighted by atomic mass is 9.86. The largest absolute Gasteiger partial charge is 0.508 e. The quantitative estimate of drug-likeness (QED) is 0.630. The Balaban J connectivity index is 0.00000288. The Morgan fingerprint density at radius 2 is 1.71 bits per heavy atom. The zero-order valence-electron chi connectivity index (χ0n) is 15.0. The van der Waals surface area contributed by atoms with Gasteiger partial charge in [0.15, 0.2) is 0 Å². The molecule has 0 radical (unpaired) electrons. The molecule has 0 spiro atoms. The Bertz CT molecular complexity index is 455. The molecule has 24 heavy (non-hydrogen) atoms. The molecule has 1 aromatic carbocycles. The van der Waals surface area contributed by atoms with Gasteiger partial charge in [-0.3, -0.25) is 0 Å². The van der Waals surface area contributed by atoms with E-state index in [1.54, 1.807) is 6.07 Å². The minimum Gasteiger partial charge on any atom is -0.508 e. The van der Waals surface area contributed by atoms with Gasteiger partial charge < -0.3 is 15.1 Å². The summed E-state index contributed by atoms with van der Waals surface area (Å²) in [5.41, 5.74) is 0.899. The maximum absolute atomic E-state index is 10.5. The van der Waals surface area contributed by atoms with E-state index in [1.165, 1.54) is 44.9 Å². The third kappa shape index (κ3) is 6.62. The van der Waals surface area contributed by atoms with E-state index < -0.39 is 0 Å². The highest BCUT2D eigenvalue weighted by Gasteiger charge is 2.29. The average molecular weight is 356 g/mol. The van der Waals surface area contributed by atoms with Crippen molar-refractivity contribution in [3.63, 3.8) is 0 Å². The number of phenolic OH excluding ortho intramolecular Hbond substituents is 1. The first-order chi connectivity index (χ1) is 11.2. The molecule has 0 aromatic heterocycles. The van der Waals surface area contributed by atoms with Gasteiger partial charge in [-0.2, -0.15) is 0 Å². The van der Waals surface area contributed by atoms with E-state index in [4.69, 9.17) is 0 Å². The molecule has 3 nitrogen and oxygen atoms in total. The van der Waals surface area contributed by atoms with Gasteiger partial charge in [-0.15, -0.1) is 12.4 Å². The molecule has 1 aliphatic rings. The van der Waals surface area contributed by atoms with Crippen LogP contribution in [-0.2, 0) is 0 Å². The molecular formula is C20H34ClNO2. The summed E-state index contributed by atoms with van der Waals surface area (Å²) in [6.07, 6.45) is 9.86. The van der Waals surface area contributed by atoms with E-state index in [0.717, 1.165) is 31.6 Å². The van der Waals surface area contributed by atoms with Crippen LogP contribution in [0, 0.1) is 0 Å². The highest BCUT2D eigenvalue weighted by molar-refractivity contribution is 5.85. The number of para-hydroxylation sites is 1. The van der Waals surface area contributed by atoms with Gasteiger partial charge in [-0.05, 0) is 37.6 Å². The number of aromatic hydroxyl groups is 1. The molecule has 0 amide bonds. The topological polar surface area (TPSA) is 43.7 Å². The van der Waals surface area contributed by atoms with E-state index in [9.17, 15) is 10.2 Å². The van der Waals surface area contributed by atoms with Crippen LogP contribution in [0.2, 0.25) is 0 Å². The normalized spacial score (nSPS) is 21.4. The number of nitrogens with zero attached hydrogens (tertiary/aromatic N) is 1. The Labute approximate surface area is 153 Å². The summed E-state index contributed by atoms with van der Waals surface area (Å²) in [5, 5.41) is 20.4. The number of aliphatic hydroxyl groups excluding tert-OH is 1. The molecule has 2 N–H and O–H groups in total. The third-order valence-electron chi connectivity index (χ3n) is 5.08. The van der Waals surface area contributed by atoms with Gasteiger partial charge in [0, 0.05) is 12.5 Å². The van der Waals surface area contributed by atoms with Crippen molar-refractivity contribution in [1.82, 2.24) is 4.90 Å². The van der Waals surface area contributed by atoms with Crippen molar-refractivity contribution in [2.75, 3.05) is 19.6 Å². The van der Waals surface area contributed by atoms with Crippen LogP contribution in [0.3, 0.4) is 0 Å². The number of piperidine rings is 1.